The summed E-state index contributed by atoms with van der Waals surface area (Å²) in [7, 11) is 0. The minimum Gasteiger partial charge on any atom is -0.298 e. The van der Waals surface area contributed by atoms with Crippen LogP contribution in [0.4, 0.5) is 0 Å². The van der Waals surface area contributed by atoms with Gasteiger partial charge in [0.2, 0.25) is 0 Å². The normalized spacial score (nSPS) is 23.3. The van der Waals surface area contributed by atoms with E-state index in [4.69, 9.17) is 12.2 Å². The third kappa shape index (κ3) is 2.38. The summed E-state index contributed by atoms with van der Waals surface area (Å²) in [5.41, 5.74) is -0.205. The Balaban J connectivity index is 2.89. The second-order valence-electron chi connectivity index (χ2n) is 4.22. The molecular weight excluding hydrogens is 204 g/mol. The topological polar surface area (TPSA) is 34.1 Å². The number of Topliss-reactive ketones (excluding diaryl/α,β-unsaturated/α-hetero) is 2. The van der Waals surface area contributed by atoms with Crippen molar-refractivity contribution in [3.05, 3.63) is 0 Å². The SMILES string of the molecule is CC1(C)CC(=O)C(C(=S)S)C(=O)C1. The van der Waals surface area contributed by atoms with Gasteiger partial charge in [0.1, 0.15) is 17.5 Å². The molecule has 0 bridgehead atoms. The molecule has 1 aliphatic rings. The van der Waals surface area contributed by atoms with E-state index in [9.17, 15) is 9.59 Å². The van der Waals surface area contributed by atoms with Crippen LogP contribution in [0, 0.1) is 11.3 Å². The fourth-order valence-electron chi connectivity index (χ4n) is 1.66. The standard InChI is InChI=1S/C9H12O2S2/c1-9(2)3-5(10)7(8(12)13)6(11)4-9/h7H,3-4H2,1-2H3,(H,12,13). The van der Waals surface area contributed by atoms with Crippen molar-refractivity contribution in [1.29, 1.82) is 0 Å². The van der Waals surface area contributed by atoms with Crippen LogP contribution in [0.2, 0.25) is 0 Å². The van der Waals surface area contributed by atoms with Crippen molar-refractivity contribution >= 4 is 40.6 Å². The van der Waals surface area contributed by atoms with E-state index in [1.165, 1.54) is 0 Å². The number of carbonyl (C=O) groups excluding carboxylic acids is 2. The van der Waals surface area contributed by atoms with Gasteiger partial charge in [-0.25, -0.2) is 0 Å². The van der Waals surface area contributed by atoms with Crippen LogP contribution in [-0.2, 0) is 9.59 Å². The first-order valence-electron chi connectivity index (χ1n) is 4.12. The molecule has 0 aromatic heterocycles. The minimum absolute atomic E-state index is 0.0822. The molecule has 0 atom stereocenters. The Labute approximate surface area is 88.5 Å². The lowest BCUT2D eigenvalue weighted by Crippen LogP contribution is -2.39. The van der Waals surface area contributed by atoms with Gasteiger partial charge in [-0.1, -0.05) is 26.1 Å². The van der Waals surface area contributed by atoms with Gasteiger partial charge in [0.15, 0.2) is 0 Å². The number of thiol groups is 1. The molecule has 0 radical (unpaired) electrons. The van der Waals surface area contributed by atoms with Crippen molar-refractivity contribution in [2.45, 2.75) is 26.7 Å². The maximum atomic E-state index is 11.5. The van der Waals surface area contributed by atoms with Gasteiger partial charge in [-0.05, 0) is 5.41 Å². The Morgan fingerprint density at radius 2 is 1.77 bits per heavy atom. The molecule has 1 rings (SSSR count). The first-order valence-corrected chi connectivity index (χ1v) is 4.97. The second kappa shape index (κ2) is 3.50. The molecule has 72 valence electrons. The smallest absolute Gasteiger partial charge is 0.149 e. The Morgan fingerprint density at radius 3 is 2.08 bits per heavy atom. The van der Waals surface area contributed by atoms with Crippen LogP contribution in [0.5, 0.6) is 0 Å². The van der Waals surface area contributed by atoms with Crippen molar-refractivity contribution < 1.29 is 9.59 Å². The molecule has 1 aliphatic carbocycles. The molecule has 4 heteroatoms. The molecule has 0 heterocycles. The van der Waals surface area contributed by atoms with E-state index in [1.54, 1.807) is 0 Å². The lowest BCUT2D eigenvalue weighted by molar-refractivity contribution is -0.136. The number of rotatable bonds is 1. The Bertz CT molecular complexity index is 261. The van der Waals surface area contributed by atoms with Crippen molar-refractivity contribution in [3.8, 4) is 0 Å². The molecule has 0 unspecified atom stereocenters. The third-order valence-electron chi connectivity index (χ3n) is 2.20. The number of hydrogen-bond acceptors (Lipinski definition) is 3. The molecule has 13 heavy (non-hydrogen) atoms. The molecule has 1 fully saturated rings. The average molecular weight is 216 g/mol. The largest absolute Gasteiger partial charge is 0.298 e. The van der Waals surface area contributed by atoms with Gasteiger partial charge < -0.3 is 0 Å². The Hall–Kier alpha value is -0.220. The van der Waals surface area contributed by atoms with Gasteiger partial charge in [-0.3, -0.25) is 9.59 Å². The molecular formula is C9H12O2S2. The maximum absolute atomic E-state index is 11.5. The molecule has 0 amide bonds. The zero-order valence-corrected chi connectivity index (χ0v) is 9.37. The molecule has 2 nitrogen and oxygen atoms in total. The molecule has 1 saturated carbocycles. The quantitative estimate of drug-likeness (QED) is 0.412. The van der Waals surface area contributed by atoms with Gasteiger partial charge in [0.05, 0.1) is 4.20 Å². The molecule has 0 N–H and O–H groups in total. The van der Waals surface area contributed by atoms with Gasteiger partial charge in [-0.15, -0.1) is 12.6 Å². The van der Waals surface area contributed by atoms with Crippen molar-refractivity contribution in [2.24, 2.45) is 11.3 Å². The summed E-state index contributed by atoms with van der Waals surface area (Å²) < 4.78 is 0.213. The zero-order valence-electron chi connectivity index (χ0n) is 7.66. The van der Waals surface area contributed by atoms with Gasteiger partial charge in [0, 0.05) is 12.8 Å². The van der Waals surface area contributed by atoms with E-state index in [1.807, 2.05) is 13.8 Å². The van der Waals surface area contributed by atoms with Crippen molar-refractivity contribution in [3.63, 3.8) is 0 Å². The third-order valence-corrected chi connectivity index (χ3v) is 2.69. The van der Waals surface area contributed by atoms with Crippen LogP contribution in [0.3, 0.4) is 0 Å². The second-order valence-corrected chi connectivity index (χ2v) is 5.45. The summed E-state index contributed by atoms with van der Waals surface area (Å²) in [5, 5.41) is 0. The van der Waals surface area contributed by atoms with Gasteiger partial charge >= 0.3 is 0 Å². The van der Waals surface area contributed by atoms with E-state index >= 15 is 0 Å². The van der Waals surface area contributed by atoms with Gasteiger partial charge in [-0.2, -0.15) is 0 Å². The monoisotopic (exact) mass is 216 g/mol. The van der Waals surface area contributed by atoms with E-state index in [2.05, 4.69) is 12.6 Å². The summed E-state index contributed by atoms with van der Waals surface area (Å²) in [6, 6.07) is 0. The lowest BCUT2D eigenvalue weighted by Gasteiger charge is -2.31. The highest BCUT2D eigenvalue weighted by Crippen LogP contribution is 2.34. The van der Waals surface area contributed by atoms with E-state index < -0.39 is 5.92 Å². The Morgan fingerprint density at radius 1 is 1.38 bits per heavy atom. The molecule has 0 aliphatic heterocycles. The predicted molar refractivity (Wildman–Crippen MR) is 58.1 cm³/mol. The number of carbonyl (C=O) groups is 2. The molecule has 0 aromatic rings. The summed E-state index contributed by atoms with van der Waals surface area (Å²) in [4.78, 5) is 23.0. The fraction of sp³-hybridized carbons (Fsp3) is 0.667. The van der Waals surface area contributed by atoms with Crippen LogP contribution < -0.4 is 0 Å². The van der Waals surface area contributed by atoms with Crippen LogP contribution in [0.1, 0.15) is 26.7 Å². The summed E-state index contributed by atoms with van der Waals surface area (Å²) in [6.07, 6.45) is 0.841. The highest BCUT2D eigenvalue weighted by Gasteiger charge is 2.40. The molecule has 0 spiro atoms. The van der Waals surface area contributed by atoms with Gasteiger partial charge in [0.25, 0.3) is 0 Å². The van der Waals surface area contributed by atoms with E-state index in [0.717, 1.165) is 0 Å². The van der Waals surface area contributed by atoms with Crippen LogP contribution in [0.15, 0.2) is 0 Å². The zero-order chi connectivity index (χ0) is 10.2. The summed E-state index contributed by atoms with van der Waals surface area (Å²) >= 11 is 8.67. The average Bonchev–Trinajstić information content (AvgIpc) is 1.78. The van der Waals surface area contributed by atoms with Crippen molar-refractivity contribution in [2.75, 3.05) is 0 Å². The first-order chi connectivity index (χ1) is 5.83. The minimum atomic E-state index is -0.730. The molecule has 0 saturated heterocycles. The summed E-state index contributed by atoms with van der Waals surface area (Å²) in [5.74, 6) is -0.895. The maximum Gasteiger partial charge on any atom is 0.149 e. The first kappa shape index (κ1) is 10.9. The highest BCUT2D eigenvalue weighted by molar-refractivity contribution is 8.11. The van der Waals surface area contributed by atoms with E-state index in [0.29, 0.717) is 12.8 Å². The Kier molecular flexibility index (Phi) is 2.92. The predicted octanol–water partition coefficient (Wildman–Crippen LogP) is 1.82. The van der Waals surface area contributed by atoms with Crippen LogP contribution in [0.25, 0.3) is 0 Å². The summed E-state index contributed by atoms with van der Waals surface area (Å²) in [6.45, 7) is 3.83. The van der Waals surface area contributed by atoms with Crippen molar-refractivity contribution in [1.82, 2.24) is 0 Å². The molecule has 0 aromatic carbocycles. The number of hydrogen-bond donors (Lipinski definition) is 1. The van der Waals surface area contributed by atoms with Crippen LogP contribution >= 0.6 is 24.8 Å². The number of thiocarbonyl (C=S) groups is 1. The van der Waals surface area contributed by atoms with Crippen LogP contribution in [-0.4, -0.2) is 15.8 Å². The fourth-order valence-corrected chi connectivity index (χ4v) is 2.22. The van der Waals surface area contributed by atoms with E-state index in [-0.39, 0.29) is 21.2 Å². The highest BCUT2D eigenvalue weighted by atomic mass is 32.1. The lowest BCUT2D eigenvalue weighted by atomic mass is 9.72. The number of ketones is 2.